The van der Waals surface area contributed by atoms with Gasteiger partial charge in [0.2, 0.25) is 0 Å². The monoisotopic (exact) mass is 548 g/mol. The van der Waals surface area contributed by atoms with Crippen molar-refractivity contribution in [3.63, 3.8) is 0 Å². The van der Waals surface area contributed by atoms with E-state index in [1.165, 1.54) is 0 Å². The molecular formula is C24H33IN6O. The van der Waals surface area contributed by atoms with Crippen LogP contribution >= 0.6 is 24.0 Å². The SMILES string of the molecule is CCNC(=NCCCc1nc2ccccc2[nH]1)N1CCN(c2ccccc2OC)CC1.I. The van der Waals surface area contributed by atoms with Gasteiger partial charge in [-0.3, -0.25) is 4.99 Å². The minimum absolute atomic E-state index is 0. The van der Waals surface area contributed by atoms with Crippen LogP contribution in [0.25, 0.3) is 11.0 Å². The van der Waals surface area contributed by atoms with E-state index in [2.05, 4.69) is 50.2 Å². The topological polar surface area (TPSA) is 68.8 Å². The van der Waals surface area contributed by atoms with Gasteiger partial charge in [0.05, 0.1) is 23.8 Å². The Hall–Kier alpha value is -2.49. The van der Waals surface area contributed by atoms with Gasteiger partial charge >= 0.3 is 0 Å². The first-order chi connectivity index (χ1) is 15.3. The maximum atomic E-state index is 5.53. The molecule has 8 heteroatoms. The number of halogens is 1. The Labute approximate surface area is 207 Å². The molecule has 2 aromatic carbocycles. The molecule has 1 aromatic heterocycles. The molecule has 3 aromatic rings. The van der Waals surface area contributed by atoms with Crippen molar-refractivity contribution in [2.24, 2.45) is 4.99 Å². The molecule has 32 heavy (non-hydrogen) atoms. The predicted octanol–water partition coefficient (Wildman–Crippen LogP) is 3.91. The van der Waals surface area contributed by atoms with E-state index in [0.717, 1.165) is 86.4 Å². The number of rotatable bonds is 7. The molecule has 1 aliphatic rings. The molecule has 4 rings (SSSR count). The molecule has 2 N–H and O–H groups in total. The van der Waals surface area contributed by atoms with E-state index in [1.807, 2.05) is 30.3 Å². The number of nitrogens with zero attached hydrogens (tertiary/aromatic N) is 4. The number of benzene rings is 2. The highest BCUT2D eigenvalue weighted by atomic mass is 127. The van der Waals surface area contributed by atoms with Crippen molar-refractivity contribution in [3.8, 4) is 5.75 Å². The van der Waals surface area contributed by atoms with Crippen molar-refractivity contribution in [2.45, 2.75) is 19.8 Å². The first kappa shape index (κ1) is 24.2. The van der Waals surface area contributed by atoms with Crippen molar-refractivity contribution in [1.82, 2.24) is 20.2 Å². The molecular weight excluding hydrogens is 515 g/mol. The van der Waals surface area contributed by atoms with E-state index < -0.39 is 0 Å². The number of hydrogen-bond donors (Lipinski definition) is 2. The summed E-state index contributed by atoms with van der Waals surface area (Å²) in [7, 11) is 1.73. The number of H-pyrrole nitrogens is 1. The molecule has 1 saturated heterocycles. The van der Waals surface area contributed by atoms with E-state index in [9.17, 15) is 0 Å². The van der Waals surface area contributed by atoms with E-state index >= 15 is 0 Å². The standard InChI is InChI=1S/C24H32N6O.HI/c1-3-25-24(26-14-8-13-23-27-19-9-4-5-10-20(19)28-23)30-17-15-29(16-18-30)21-11-6-7-12-22(21)31-2;/h4-7,9-12H,3,8,13-18H2,1-2H3,(H,25,26)(H,27,28);1H. The predicted molar refractivity (Wildman–Crippen MR) is 143 cm³/mol. The molecule has 0 unspecified atom stereocenters. The molecule has 0 aliphatic carbocycles. The Morgan fingerprint density at radius 3 is 2.59 bits per heavy atom. The lowest BCUT2D eigenvalue weighted by molar-refractivity contribution is 0.367. The number of piperazine rings is 1. The summed E-state index contributed by atoms with van der Waals surface area (Å²) in [6.07, 6.45) is 1.87. The third-order valence-electron chi connectivity index (χ3n) is 5.61. The molecule has 7 nitrogen and oxygen atoms in total. The summed E-state index contributed by atoms with van der Waals surface area (Å²) in [6, 6.07) is 16.4. The van der Waals surface area contributed by atoms with Gasteiger partial charge in [0.25, 0.3) is 0 Å². The van der Waals surface area contributed by atoms with Crippen LogP contribution in [0.1, 0.15) is 19.2 Å². The molecule has 2 heterocycles. The number of nitrogens with one attached hydrogen (secondary N) is 2. The molecule has 0 radical (unpaired) electrons. The van der Waals surface area contributed by atoms with Gasteiger partial charge in [-0.2, -0.15) is 0 Å². The average Bonchev–Trinajstić information content (AvgIpc) is 3.24. The molecule has 1 aliphatic heterocycles. The number of anilines is 1. The largest absolute Gasteiger partial charge is 0.495 e. The second-order valence-electron chi connectivity index (χ2n) is 7.69. The molecule has 1 fully saturated rings. The highest BCUT2D eigenvalue weighted by Gasteiger charge is 2.21. The molecule has 0 atom stereocenters. The first-order valence-electron chi connectivity index (χ1n) is 11.1. The van der Waals surface area contributed by atoms with Gasteiger partial charge in [0.15, 0.2) is 5.96 Å². The Morgan fingerprint density at radius 2 is 1.84 bits per heavy atom. The van der Waals surface area contributed by atoms with Crippen LogP contribution in [-0.2, 0) is 6.42 Å². The minimum Gasteiger partial charge on any atom is -0.495 e. The quantitative estimate of drug-likeness (QED) is 0.203. The number of ether oxygens (including phenoxy) is 1. The van der Waals surface area contributed by atoms with Crippen molar-refractivity contribution >= 4 is 46.7 Å². The van der Waals surface area contributed by atoms with E-state index in [4.69, 9.17) is 9.73 Å². The Balaban J connectivity index is 0.00000289. The van der Waals surface area contributed by atoms with E-state index in [1.54, 1.807) is 7.11 Å². The summed E-state index contributed by atoms with van der Waals surface area (Å²) in [4.78, 5) is 17.7. The molecule has 0 saturated carbocycles. The number of para-hydroxylation sites is 4. The van der Waals surface area contributed by atoms with Gasteiger partial charge in [0.1, 0.15) is 11.6 Å². The maximum absolute atomic E-state index is 5.53. The van der Waals surface area contributed by atoms with Gasteiger partial charge in [-0.1, -0.05) is 24.3 Å². The number of hydrogen-bond acceptors (Lipinski definition) is 4. The third kappa shape index (κ3) is 5.85. The van der Waals surface area contributed by atoms with Crippen molar-refractivity contribution in [3.05, 3.63) is 54.4 Å². The number of guanidine groups is 1. The molecule has 0 amide bonds. The van der Waals surface area contributed by atoms with Crippen LogP contribution in [0.15, 0.2) is 53.5 Å². The lowest BCUT2D eigenvalue weighted by Gasteiger charge is -2.38. The van der Waals surface area contributed by atoms with Crippen molar-refractivity contribution in [2.75, 3.05) is 51.3 Å². The highest BCUT2D eigenvalue weighted by molar-refractivity contribution is 14.0. The summed E-state index contributed by atoms with van der Waals surface area (Å²) in [6.45, 7) is 7.55. The number of aryl methyl sites for hydroxylation is 1. The summed E-state index contributed by atoms with van der Waals surface area (Å²) < 4.78 is 5.53. The fraction of sp³-hybridized carbons (Fsp3) is 0.417. The van der Waals surface area contributed by atoms with Crippen LogP contribution in [0.3, 0.4) is 0 Å². The summed E-state index contributed by atoms with van der Waals surface area (Å²) in [5.41, 5.74) is 3.29. The zero-order valence-corrected chi connectivity index (χ0v) is 21.2. The zero-order chi connectivity index (χ0) is 21.5. The van der Waals surface area contributed by atoms with Crippen LogP contribution in [0, 0.1) is 0 Å². The number of aliphatic imine (C=N–C) groups is 1. The zero-order valence-electron chi connectivity index (χ0n) is 18.9. The Morgan fingerprint density at radius 1 is 1.09 bits per heavy atom. The van der Waals surface area contributed by atoms with E-state index in [-0.39, 0.29) is 24.0 Å². The van der Waals surface area contributed by atoms with Gasteiger partial charge in [-0.05, 0) is 37.6 Å². The van der Waals surface area contributed by atoms with Crippen LogP contribution < -0.4 is 15.0 Å². The summed E-state index contributed by atoms with van der Waals surface area (Å²) >= 11 is 0. The smallest absolute Gasteiger partial charge is 0.194 e. The fourth-order valence-electron chi connectivity index (χ4n) is 4.03. The van der Waals surface area contributed by atoms with Gasteiger partial charge in [-0.15, -0.1) is 24.0 Å². The number of aromatic nitrogens is 2. The molecule has 172 valence electrons. The lowest BCUT2D eigenvalue weighted by atomic mass is 10.2. The van der Waals surface area contributed by atoms with Crippen molar-refractivity contribution < 1.29 is 4.74 Å². The summed E-state index contributed by atoms with van der Waals surface area (Å²) in [5, 5.41) is 3.46. The first-order valence-corrected chi connectivity index (χ1v) is 11.1. The van der Waals surface area contributed by atoms with Crippen LogP contribution in [0.4, 0.5) is 5.69 Å². The normalized spacial score (nSPS) is 14.4. The van der Waals surface area contributed by atoms with Gasteiger partial charge in [0, 0.05) is 45.7 Å². The van der Waals surface area contributed by atoms with Crippen LogP contribution in [-0.4, -0.2) is 67.2 Å². The second-order valence-corrected chi connectivity index (χ2v) is 7.69. The van der Waals surface area contributed by atoms with Crippen molar-refractivity contribution in [1.29, 1.82) is 0 Å². The number of aromatic amines is 1. The summed E-state index contributed by atoms with van der Waals surface area (Å²) in [5.74, 6) is 2.97. The fourth-order valence-corrected chi connectivity index (χ4v) is 4.03. The van der Waals surface area contributed by atoms with Crippen LogP contribution in [0.5, 0.6) is 5.75 Å². The average molecular weight is 548 g/mol. The Kier molecular flexibility index (Phi) is 9.01. The number of fused-ring (bicyclic) bond motifs is 1. The van der Waals surface area contributed by atoms with Crippen LogP contribution in [0.2, 0.25) is 0 Å². The van der Waals surface area contributed by atoms with Gasteiger partial charge in [-0.25, -0.2) is 4.98 Å². The Bertz CT molecular complexity index is 979. The lowest BCUT2D eigenvalue weighted by Crippen LogP contribution is -2.52. The number of methoxy groups -OCH3 is 1. The molecule has 0 spiro atoms. The minimum atomic E-state index is 0. The highest BCUT2D eigenvalue weighted by Crippen LogP contribution is 2.28. The second kappa shape index (κ2) is 11.9. The molecule has 0 bridgehead atoms. The third-order valence-corrected chi connectivity index (χ3v) is 5.61. The maximum Gasteiger partial charge on any atom is 0.194 e. The number of imidazole rings is 1. The van der Waals surface area contributed by atoms with Gasteiger partial charge < -0.3 is 24.8 Å². The van der Waals surface area contributed by atoms with E-state index in [0.29, 0.717) is 0 Å².